The molecule has 0 aliphatic heterocycles. The molecule has 39 heavy (non-hydrogen) atoms. The number of thiol groups is 1. The van der Waals surface area contributed by atoms with Crippen LogP contribution in [0.15, 0.2) is 83.8 Å². The monoisotopic (exact) mass is 554 g/mol. The quantitative estimate of drug-likeness (QED) is 0.261. The van der Waals surface area contributed by atoms with Crippen LogP contribution in [-0.4, -0.2) is 30.4 Å². The Hall–Kier alpha value is -4.02. The number of aryl methyl sites for hydroxylation is 1. The van der Waals surface area contributed by atoms with Gasteiger partial charge in [0, 0.05) is 49.6 Å². The second-order valence-corrected chi connectivity index (χ2v) is 9.84. The number of benzene rings is 3. The molecule has 0 unspecified atom stereocenters. The van der Waals surface area contributed by atoms with Crippen LogP contribution in [0.25, 0.3) is 11.1 Å². The van der Waals surface area contributed by atoms with Crippen molar-refractivity contribution in [3.05, 3.63) is 112 Å². The van der Waals surface area contributed by atoms with Gasteiger partial charge in [-0.25, -0.2) is 17.2 Å². The molecule has 0 fully saturated rings. The first-order valence-electron chi connectivity index (χ1n) is 12.3. The van der Waals surface area contributed by atoms with E-state index >= 15 is 0 Å². The van der Waals surface area contributed by atoms with Crippen molar-refractivity contribution in [2.75, 3.05) is 13.2 Å². The summed E-state index contributed by atoms with van der Waals surface area (Å²) >= 11 is 0. The number of nitrogens with zero attached hydrogens (tertiary/aromatic N) is 2. The Bertz CT molecular complexity index is 1580. The highest BCUT2D eigenvalue weighted by molar-refractivity contribution is 7.69. The van der Waals surface area contributed by atoms with Gasteiger partial charge in [0.1, 0.15) is 17.3 Å². The predicted octanol–water partition coefficient (Wildman–Crippen LogP) is 5.09. The van der Waals surface area contributed by atoms with E-state index in [0.29, 0.717) is 29.9 Å². The van der Waals surface area contributed by atoms with Crippen LogP contribution in [-0.2, 0) is 30.9 Å². The molecule has 0 saturated carbocycles. The van der Waals surface area contributed by atoms with Gasteiger partial charge in [0.25, 0.3) is 5.56 Å². The maximum Gasteiger partial charge on any atom is 0.254 e. The Labute approximate surface area is 226 Å². The maximum atomic E-state index is 14.4. The Morgan fingerprint density at radius 2 is 1.62 bits per heavy atom. The standard InChI is InChI=1S/C29H28F2N2O5S/c1-3-37-28-17-29(34)32(2)19-24(28)23-15-20(9-11-26(23)38-27-12-10-22(30)16-25(27)31)13-14-33(39(35)36)18-21-7-5-4-6-8-21/h4-12,15-17,19,39H,3,13-14,18H2,1-2H3. The van der Waals surface area contributed by atoms with Crippen LogP contribution in [0.4, 0.5) is 8.78 Å². The highest BCUT2D eigenvalue weighted by Gasteiger charge is 2.18. The van der Waals surface area contributed by atoms with E-state index in [0.717, 1.165) is 23.3 Å². The van der Waals surface area contributed by atoms with Gasteiger partial charge in [-0.15, -0.1) is 0 Å². The molecule has 4 aromatic rings. The first-order valence-corrected chi connectivity index (χ1v) is 13.4. The van der Waals surface area contributed by atoms with Crippen LogP contribution in [0.1, 0.15) is 18.1 Å². The summed E-state index contributed by atoms with van der Waals surface area (Å²) in [4.78, 5) is 12.3. The molecule has 7 nitrogen and oxygen atoms in total. The van der Waals surface area contributed by atoms with Gasteiger partial charge in [0.05, 0.1) is 6.61 Å². The van der Waals surface area contributed by atoms with Gasteiger partial charge in [-0.1, -0.05) is 36.4 Å². The van der Waals surface area contributed by atoms with Crippen molar-refractivity contribution in [3.8, 4) is 28.4 Å². The Morgan fingerprint density at radius 3 is 2.31 bits per heavy atom. The van der Waals surface area contributed by atoms with Crippen molar-refractivity contribution in [2.45, 2.75) is 19.9 Å². The van der Waals surface area contributed by atoms with E-state index < -0.39 is 22.5 Å². The lowest BCUT2D eigenvalue weighted by Crippen LogP contribution is -2.24. The maximum absolute atomic E-state index is 14.4. The number of rotatable bonds is 11. The molecule has 0 spiro atoms. The van der Waals surface area contributed by atoms with E-state index in [4.69, 9.17) is 9.47 Å². The first-order chi connectivity index (χ1) is 18.7. The largest absolute Gasteiger partial charge is 0.493 e. The van der Waals surface area contributed by atoms with Crippen molar-refractivity contribution in [1.29, 1.82) is 0 Å². The Morgan fingerprint density at radius 1 is 0.872 bits per heavy atom. The Kier molecular flexibility index (Phi) is 9.11. The lowest BCUT2D eigenvalue weighted by atomic mass is 10.0. The number of ether oxygens (including phenoxy) is 2. The van der Waals surface area contributed by atoms with E-state index in [9.17, 15) is 22.0 Å². The summed E-state index contributed by atoms with van der Waals surface area (Å²) in [5.41, 5.74) is 2.39. The number of hydrogen-bond acceptors (Lipinski definition) is 5. The fraction of sp³-hybridized carbons (Fsp3) is 0.207. The molecule has 0 radical (unpaired) electrons. The third-order valence-electron chi connectivity index (χ3n) is 6.04. The van der Waals surface area contributed by atoms with E-state index in [1.165, 1.54) is 21.0 Å². The second-order valence-electron chi connectivity index (χ2n) is 8.80. The molecule has 0 N–H and O–H groups in total. The number of halogens is 2. The second kappa shape index (κ2) is 12.7. The average molecular weight is 555 g/mol. The molecular weight excluding hydrogens is 526 g/mol. The summed E-state index contributed by atoms with van der Waals surface area (Å²) in [6.07, 6.45) is 1.97. The number of pyridine rings is 1. The molecule has 10 heteroatoms. The van der Waals surface area contributed by atoms with Crippen LogP contribution < -0.4 is 15.0 Å². The number of aromatic nitrogens is 1. The summed E-state index contributed by atoms with van der Waals surface area (Å²) in [5.74, 6) is -1.21. The summed E-state index contributed by atoms with van der Waals surface area (Å²) in [6.45, 7) is 2.56. The predicted molar refractivity (Wildman–Crippen MR) is 146 cm³/mol. The third-order valence-corrected chi connectivity index (χ3v) is 6.84. The summed E-state index contributed by atoms with van der Waals surface area (Å²) < 4.78 is 66.1. The molecule has 0 atom stereocenters. The molecule has 1 aromatic heterocycles. The molecule has 3 aromatic carbocycles. The molecule has 0 bridgehead atoms. The van der Waals surface area contributed by atoms with Gasteiger partial charge in [0.2, 0.25) is 10.9 Å². The van der Waals surface area contributed by atoms with Crippen molar-refractivity contribution in [2.24, 2.45) is 7.05 Å². The fourth-order valence-electron chi connectivity index (χ4n) is 4.07. The molecule has 1 heterocycles. The topological polar surface area (TPSA) is 77.8 Å². The Balaban J connectivity index is 1.72. The highest BCUT2D eigenvalue weighted by atomic mass is 32.2. The molecular formula is C29H28F2N2O5S. The van der Waals surface area contributed by atoms with Gasteiger partial charge in [-0.05, 0) is 48.7 Å². The van der Waals surface area contributed by atoms with Crippen LogP contribution in [0, 0.1) is 11.6 Å². The molecule has 0 aliphatic rings. The van der Waals surface area contributed by atoms with Crippen molar-refractivity contribution >= 4 is 10.9 Å². The highest BCUT2D eigenvalue weighted by Crippen LogP contribution is 2.39. The summed E-state index contributed by atoms with van der Waals surface area (Å²) in [5, 5.41) is 0. The minimum absolute atomic E-state index is 0.175. The zero-order valence-corrected chi connectivity index (χ0v) is 22.4. The van der Waals surface area contributed by atoms with E-state index in [1.807, 2.05) is 30.3 Å². The van der Waals surface area contributed by atoms with Gasteiger partial charge in [0.15, 0.2) is 11.6 Å². The van der Waals surface area contributed by atoms with Crippen LogP contribution >= 0.6 is 0 Å². The minimum atomic E-state index is -2.82. The van der Waals surface area contributed by atoms with Crippen molar-refractivity contribution in [1.82, 2.24) is 8.87 Å². The van der Waals surface area contributed by atoms with E-state index in [1.54, 1.807) is 38.4 Å². The van der Waals surface area contributed by atoms with Crippen molar-refractivity contribution < 1.29 is 26.7 Å². The van der Waals surface area contributed by atoms with Crippen molar-refractivity contribution in [3.63, 3.8) is 0 Å². The first kappa shape index (κ1) is 28.0. The van der Waals surface area contributed by atoms with Crippen LogP contribution in [0.3, 0.4) is 0 Å². The van der Waals surface area contributed by atoms with Gasteiger partial charge >= 0.3 is 0 Å². The zero-order valence-electron chi connectivity index (χ0n) is 21.5. The molecule has 0 aliphatic carbocycles. The minimum Gasteiger partial charge on any atom is -0.493 e. The zero-order chi connectivity index (χ0) is 27.9. The normalized spacial score (nSPS) is 11.2. The van der Waals surface area contributed by atoms with E-state index in [2.05, 4.69) is 0 Å². The van der Waals surface area contributed by atoms with Gasteiger partial charge in [-0.2, -0.15) is 4.31 Å². The summed E-state index contributed by atoms with van der Waals surface area (Å²) in [7, 11) is -1.23. The summed E-state index contributed by atoms with van der Waals surface area (Å²) in [6, 6.07) is 18.8. The number of hydrogen-bond donors (Lipinski definition) is 1. The molecule has 0 amide bonds. The van der Waals surface area contributed by atoms with Gasteiger partial charge < -0.3 is 14.0 Å². The molecule has 0 saturated heterocycles. The lowest BCUT2D eigenvalue weighted by Gasteiger charge is -2.18. The lowest BCUT2D eigenvalue weighted by molar-refractivity contribution is 0.340. The SMILES string of the molecule is CCOc1cc(=O)n(C)cc1-c1cc(CCN(Cc2ccccc2)[SH](=O)=O)ccc1Oc1ccc(F)cc1F. The molecule has 4 rings (SSSR count). The van der Waals surface area contributed by atoms with E-state index in [-0.39, 0.29) is 30.1 Å². The fourth-order valence-corrected chi connectivity index (χ4v) is 4.61. The molecule has 204 valence electrons. The van der Waals surface area contributed by atoms with Crippen LogP contribution in [0.2, 0.25) is 0 Å². The third kappa shape index (κ3) is 7.10. The van der Waals surface area contributed by atoms with Crippen LogP contribution in [0.5, 0.6) is 17.2 Å². The average Bonchev–Trinajstić information content (AvgIpc) is 2.91. The van der Waals surface area contributed by atoms with Gasteiger partial charge in [-0.3, -0.25) is 4.79 Å². The smallest absolute Gasteiger partial charge is 0.254 e.